The van der Waals surface area contributed by atoms with Crippen LogP contribution in [0, 0.1) is 25.2 Å². The first-order chi connectivity index (χ1) is 9.67. The Morgan fingerprint density at radius 2 is 1.85 bits per heavy atom. The minimum atomic E-state index is -0.397. The first-order valence-electron chi connectivity index (χ1n) is 6.52. The van der Waals surface area contributed by atoms with E-state index in [0.717, 1.165) is 22.6 Å². The average Bonchev–Trinajstić information content (AvgIpc) is 2.48. The molecule has 102 valence electrons. The van der Waals surface area contributed by atoms with Crippen LogP contribution >= 0.6 is 0 Å². The number of ether oxygens (including phenoxy) is 1. The zero-order valence-corrected chi connectivity index (χ0v) is 12.0. The Morgan fingerprint density at radius 1 is 1.10 bits per heavy atom. The van der Waals surface area contributed by atoms with E-state index in [1.807, 2.05) is 43.3 Å². The summed E-state index contributed by atoms with van der Waals surface area (Å²) in [5, 5.41) is 12.7. The Morgan fingerprint density at radius 3 is 2.55 bits per heavy atom. The van der Waals surface area contributed by atoms with Gasteiger partial charge in [-0.05, 0) is 42.7 Å². The molecule has 1 N–H and O–H groups in total. The Bertz CT molecular complexity index is 644. The topological polar surface area (TPSA) is 45.0 Å². The molecule has 20 heavy (non-hydrogen) atoms. The number of aryl methyl sites for hydroxylation is 1. The summed E-state index contributed by atoms with van der Waals surface area (Å²) in [6.07, 6.45) is 0. The number of nitrogens with zero attached hydrogens (tertiary/aromatic N) is 1. The van der Waals surface area contributed by atoms with Crippen molar-refractivity contribution >= 4 is 5.69 Å². The van der Waals surface area contributed by atoms with Crippen molar-refractivity contribution in [2.45, 2.75) is 19.9 Å². The van der Waals surface area contributed by atoms with Gasteiger partial charge in [0.15, 0.2) is 0 Å². The highest BCUT2D eigenvalue weighted by Crippen LogP contribution is 2.29. The number of hydrogen-bond acceptors (Lipinski definition) is 3. The minimum absolute atomic E-state index is 0.397. The average molecular weight is 266 g/mol. The van der Waals surface area contributed by atoms with Gasteiger partial charge >= 0.3 is 0 Å². The van der Waals surface area contributed by atoms with Gasteiger partial charge in [0.05, 0.1) is 18.9 Å². The lowest BCUT2D eigenvalue weighted by atomic mass is 9.98. The minimum Gasteiger partial charge on any atom is -0.495 e. The maximum atomic E-state index is 9.47. The smallest absolute Gasteiger partial charge is 0.141 e. The predicted molar refractivity (Wildman–Crippen MR) is 80.9 cm³/mol. The summed E-state index contributed by atoms with van der Waals surface area (Å²) in [5.74, 6) is 0.734. The highest BCUT2D eigenvalue weighted by Gasteiger charge is 2.15. The quantitative estimate of drug-likeness (QED) is 0.910. The van der Waals surface area contributed by atoms with Crippen LogP contribution in [0.1, 0.15) is 22.7 Å². The largest absolute Gasteiger partial charge is 0.495 e. The van der Waals surface area contributed by atoms with Gasteiger partial charge < -0.3 is 10.1 Å². The zero-order valence-electron chi connectivity index (χ0n) is 12.0. The predicted octanol–water partition coefficient (Wildman–Crippen LogP) is 3.99. The van der Waals surface area contributed by atoms with Gasteiger partial charge in [-0.25, -0.2) is 0 Å². The summed E-state index contributed by atoms with van der Waals surface area (Å²) in [4.78, 5) is 0. The van der Waals surface area contributed by atoms with Crippen LogP contribution in [-0.2, 0) is 0 Å². The van der Waals surface area contributed by atoms with E-state index in [0.29, 0.717) is 0 Å². The highest BCUT2D eigenvalue weighted by molar-refractivity contribution is 5.59. The van der Waals surface area contributed by atoms with Crippen LogP contribution in [0.4, 0.5) is 5.69 Å². The van der Waals surface area contributed by atoms with Crippen molar-refractivity contribution in [3.8, 4) is 11.8 Å². The molecule has 0 aliphatic rings. The Hall–Kier alpha value is -2.47. The molecule has 0 bridgehead atoms. The first-order valence-corrected chi connectivity index (χ1v) is 6.52. The molecule has 0 aliphatic heterocycles. The number of rotatable bonds is 4. The lowest BCUT2D eigenvalue weighted by Crippen LogP contribution is -2.11. The van der Waals surface area contributed by atoms with Crippen molar-refractivity contribution in [1.29, 1.82) is 5.26 Å². The molecule has 0 aliphatic carbocycles. The van der Waals surface area contributed by atoms with Crippen molar-refractivity contribution < 1.29 is 4.74 Å². The maximum absolute atomic E-state index is 9.47. The lowest BCUT2D eigenvalue weighted by Gasteiger charge is -2.18. The van der Waals surface area contributed by atoms with Crippen LogP contribution in [0.3, 0.4) is 0 Å². The van der Waals surface area contributed by atoms with Crippen LogP contribution in [0.2, 0.25) is 0 Å². The van der Waals surface area contributed by atoms with E-state index in [-0.39, 0.29) is 0 Å². The van der Waals surface area contributed by atoms with Crippen molar-refractivity contribution in [3.05, 3.63) is 59.2 Å². The molecular formula is C17H18N2O. The van der Waals surface area contributed by atoms with E-state index in [1.165, 1.54) is 5.56 Å². The monoisotopic (exact) mass is 266 g/mol. The van der Waals surface area contributed by atoms with Gasteiger partial charge in [-0.3, -0.25) is 0 Å². The number of anilines is 1. The van der Waals surface area contributed by atoms with Crippen LogP contribution in [-0.4, -0.2) is 7.11 Å². The van der Waals surface area contributed by atoms with Crippen LogP contribution < -0.4 is 10.1 Å². The Balaban J connectivity index is 2.35. The fraction of sp³-hybridized carbons (Fsp3) is 0.235. The molecule has 2 rings (SSSR count). The van der Waals surface area contributed by atoms with Crippen molar-refractivity contribution in [2.24, 2.45) is 0 Å². The first kappa shape index (κ1) is 14.0. The maximum Gasteiger partial charge on any atom is 0.141 e. The molecule has 2 aromatic carbocycles. The molecule has 2 aromatic rings. The third-order valence-electron chi connectivity index (χ3n) is 3.49. The number of nitriles is 1. The summed E-state index contributed by atoms with van der Waals surface area (Å²) in [5.41, 5.74) is 4.15. The van der Waals surface area contributed by atoms with Crippen molar-refractivity contribution in [3.63, 3.8) is 0 Å². The molecule has 0 fully saturated rings. The zero-order chi connectivity index (χ0) is 14.5. The Kier molecular flexibility index (Phi) is 4.27. The number of nitrogens with one attached hydrogen (secondary N) is 1. The molecule has 0 amide bonds. The fourth-order valence-electron chi connectivity index (χ4n) is 2.19. The normalized spacial score (nSPS) is 11.5. The van der Waals surface area contributed by atoms with Gasteiger partial charge in [0.25, 0.3) is 0 Å². The van der Waals surface area contributed by atoms with Gasteiger partial charge in [0.2, 0.25) is 0 Å². The second-order valence-corrected chi connectivity index (χ2v) is 4.70. The SMILES string of the molecule is COc1ccccc1NC(C#N)c1cccc(C)c1C. The molecule has 0 aromatic heterocycles. The van der Waals surface area contributed by atoms with E-state index in [2.05, 4.69) is 24.4 Å². The molecule has 1 atom stereocenters. The number of benzene rings is 2. The summed E-state index contributed by atoms with van der Waals surface area (Å²) in [7, 11) is 1.62. The third-order valence-corrected chi connectivity index (χ3v) is 3.49. The van der Waals surface area contributed by atoms with Gasteiger partial charge in [0.1, 0.15) is 11.8 Å². The third kappa shape index (κ3) is 2.75. The van der Waals surface area contributed by atoms with Crippen molar-refractivity contribution in [1.82, 2.24) is 0 Å². The highest BCUT2D eigenvalue weighted by atomic mass is 16.5. The number of methoxy groups -OCH3 is 1. The van der Waals surface area contributed by atoms with Gasteiger partial charge in [-0.15, -0.1) is 0 Å². The molecule has 0 saturated heterocycles. The molecule has 0 heterocycles. The van der Waals surface area contributed by atoms with Crippen LogP contribution in [0.25, 0.3) is 0 Å². The standard InChI is InChI=1S/C17H18N2O/c1-12-7-6-8-14(13(12)2)16(11-18)19-15-9-4-5-10-17(15)20-3/h4-10,16,19H,1-3H3. The molecule has 0 spiro atoms. The lowest BCUT2D eigenvalue weighted by molar-refractivity contribution is 0.416. The molecule has 3 nitrogen and oxygen atoms in total. The summed E-state index contributed by atoms with van der Waals surface area (Å²) >= 11 is 0. The summed E-state index contributed by atoms with van der Waals surface area (Å²) in [6.45, 7) is 4.09. The van der Waals surface area contributed by atoms with E-state index in [1.54, 1.807) is 7.11 Å². The van der Waals surface area contributed by atoms with E-state index < -0.39 is 6.04 Å². The van der Waals surface area contributed by atoms with E-state index in [4.69, 9.17) is 4.74 Å². The van der Waals surface area contributed by atoms with Crippen LogP contribution in [0.5, 0.6) is 5.75 Å². The molecule has 1 unspecified atom stereocenters. The van der Waals surface area contributed by atoms with Gasteiger partial charge in [-0.2, -0.15) is 5.26 Å². The molecule has 3 heteroatoms. The summed E-state index contributed by atoms with van der Waals surface area (Å²) in [6, 6.07) is 15.5. The second kappa shape index (κ2) is 6.12. The number of hydrogen-bond donors (Lipinski definition) is 1. The Labute approximate surface area is 119 Å². The van der Waals surface area contributed by atoms with E-state index in [9.17, 15) is 5.26 Å². The fourth-order valence-corrected chi connectivity index (χ4v) is 2.19. The molecular weight excluding hydrogens is 248 g/mol. The van der Waals surface area contributed by atoms with Crippen LogP contribution in [0.15, 0.2) is 42.5 Å². The summed E-state index contributed by atoms with van der Waals surface area (Å²) < 4.78 is 5.31. The van der Waals surface area contributed by atoms with Gasteiger partial charge in [0, 0.05) is 0 Å². The van der Waals surface area contributed by atoms with E-state index >= 15 is 0 Å². The van der Waals surface area contributed by atoms with Crippen molar-refractivity contribution in [2.75, 3.05) is 12.4 Å². The van der Waals surface area contributed by atoms with Gasteiger partial charge in [-0.1, -0.05) is 30.3 Å². The molecule has 0 saturated carbocycles. The second-order valence-electron chi connectivity index (χ2n) is 4.70. The molecule has 0 radical (unpaired) electrons. The number of para-hydroxylation sites is 2.